The van der Waals surface area contributed by atoms with E-state index < -0.39 is 42.1 Å². The van der Waals surface area contributed by atoms with Crippen molar-refractivity contribution in [3.8, 4) is 0 Å². The second-order valence-corrected chi connectivity index (χ2v) is 5.76. The fraction of sp³-hybridized carbons (Fsp3) is 0.167. The Morgan fingerprint density at radius 2 is 0.727 bits per heavy atom. The first kappa shape index (κ1) is 21.5. The summed E-state index contributed by atoms with van der Waals surface area (Å²) in [5, 5.41) is 0. The van der Waals surface area contributed by atoms with E-state index in [0.29, 0.717) is 0 Å². The number of halogens is 2. The molecule has 0 aliphatic rings. The number of rotatable bonds is 3. The van der Waals surface area contributed by atoms with Crippen molar-refractivity contribution in [2.45, 2.75) is 13.1 Å². The van der Waals surface area contributed by atoms with Crippen LogP contribution in [0.1, 0.15) is 0 Å². The largest absolute Gasteiger partial charge is 0.427 e. The summed E-state index contributed by atoms with van der Waals surface area (Å²) in [5.41, 5.74) is 0. The molecule has 0 saturated heterocycles. The minimum absolute atomic E-state index is 1.01. The van der Waals surface area contributed by atoms with Crippen LogP contribution in [0.2, 0.25) is 0 Å². The predicted octanol–water partition coefficient (Wildman–Crippen LogP) is -12.2. The standard InChI is InChI=1S/C12H14N2.2IO3/c1-3-7-13(8-4-1)11-12-14-9-5-2-6-10-14;2*2-1(3)4/h1-10H,11-12H2;;/q+2;2*-1. The number of hydrogen-bond acceptors (Lipinski definition) is 6. The van der Waals surface area contributed by atoms with E-state index in [1.54, 1.807) is 0 Å². The Balaban J connectivity index is 0.000000464. The maximum Gasteiger partial charge on any atom is 0.282 e. The Hall–Kier alpha value is -0.480. The van der Waals surface area contributed by atoms with Crippen LogP contribution in [0.15, 0.2) is 61.2 Å². The van der Waals surface area contributed by atoms with Gasteiger partial charge < -0.3 is 20.6 Å². The molecule has 0 bridgehead atoms. The van der Waals surface area contributed by atoms with Gasteiger partial charge in [-0.1, -0.05) is 12.1 Å². The number of hydrogen-bond donors (Lipinski definition) is 0. The SMILES string of the molecule is [O-][I+2]([O-])[O-].[O-][I+2]([O-])[O-].c1cc[n+](CC[n+]2ccccc2)cc1. The molecule has 0 radical (unpaired) electrons. The summed E-state index contributed by atoms with van der Waals surface area (Å²) < 4.78 is 55.8. The molecule has 0 aromatic carbocycles. The molecule has 2 rings (SSSR count). The first-order chi connectivity index (χ1) is 10.4. The molecule has 0 unspecified atom stereocenters. The van der Waals surface area contributed by atoms with Gasteiger partial charge in [0.25, 0.3) is 42.1 Å². The molecule has 0 aliphatic heterocycles. The second kappa shape index (κ2) is 14.1. The Morgan fingerprint density at radius 1 is 0.500 bits per heavy atom. The third-order valence-corrected chi connectivity index (χ3v) is 2.17. The lowest BCUT2D eigenvalue weighted by atomic mass is 10.4. The lowest BCUT2D eigenvalue weighted by Gasteiger charge is -1.93. The van der Waals surface area contributed by atoms with Crippen molar-refractivity contribution in [1.82, 2.24) is 0 Å². The highest BCUT2D eigenvalue weighted by molar-refractivity contribution is 4.84. The van der Waals surface area contributed by atoms with Gasteiger partial charge in [0.2, 0.25) is 13.1 Å². The average Bonchev–Trinajstić information content (AvgIpc) is 2.46. The number of nitrogens with zero attached hydrogens (tertiary/aromatic N) is 2. The van der Waals surface area contributed by atoms with Gasteiger partial charge in [0.15, 0.2) is 24.8 Å². The molecule has 2 heterocycles. The zero-order valence-corrected chi connectivity index (χ0v) is 15.6. The highest BCUT2D eigenvalue weighted by Crippen LogP contribution is 1.79. The van der Waals surface area contributed by atoms with E-state index in [2.05, 4.69) is 58.2 Å². The summed E-state index contributed by atoms with van der Waals surface area (Å²) in [6.07, 6.45) is 8.35. The lowest BCUT2D eigenvalue weighted by Crippen LogP contribution is -4.05. The normalized spacial score (nSPS) is 9.64. The molecule has 0 saturated carbocycles. The molecule has 0 fully saturated rings. The summed E-state index contributed by atoms with van der Waals surface area (Å²) in [6.45, 7) is 2.02. The number of pyridine rings is 2. The average molecular weight is 536 g/mol. The first-order valence-electron chi connectivity index (χ1n) is 5.76. The summed E-state index contributed by atoms with van der Waals surface area (Å²) in [4.78, 5) is 0. The number of aromatic nitrogens is 2. The van der Waals surface area contributed by atoms with E-state index in [1.807, 2.05) is 12.1 Å². The van der Waals surface area contributed by atoms with Gasteiger partial charge in [-0.3, -0.25) is 0 Å². The van der Waals surface area contributed by atoms with Crippen LogP contribution in [0, 0.1) is 0 Å². The van der Waals surface area contributed by atoms with Crippen LogP contribution in [0.25, 0.3) is 0 Å². The maximum absolute atomic E-state index is 8.57. The third kappa shape index (κ3) is 15.9. The van der Waals surface area contributed by atoms with E-state index >= 15 is 0 Å². The van der Waals surface area contributed by atoms with E-state index in [0.717, 1.165) is 13.1 Å². The highest BCUT2D eigenvalue weighted by atomic mass is 127. The maximum atomic E-state index is 8.57. The number of aryl methyl sites for hydroxylation is 2. The van der Waals surface area contributed by atoms with Gasteiger partial charge in [-0.25, -0.2) is 0 Å². The topological polar surface area (TPSA) is 146 Å². The van der Waals surface area contributed by atoms with Crippen molar-refractivity contribution < 1.29 is 71.9 Å². The van der Waals surface area contributed by atoms with Gasteiger partial charge in [0, 0.05) is 24.3 Å². The zero-order valence-electron chi connectivity index (χ0n) is 11.3. The van der Waals surface area contributed by atoms with Crippen LogP contribution in [-0.4, -0.2) is 0 Å². The van der Waals surface area contributed by atoms with Crippen LogP contribution < -0.4 is 71.9 Å². The van der Waals surface area contributed by atoms with Crippen molar-refractivity contribution in [1.29, 1.82) is 0 Å². The quantitative estimate of drug-likeness (QED) is 0.282. The smallest absolute Gasteiger partial charge is 0.282 e. The Bertz CT molecular complexity index is 425. The minimum atomic E-state index is -4.01. The molecule has 0 atom stereocenters. The van der Waals surface area contributed by atoms with Crippen molar-refractivity contribution >= 4 is 0 Å². The summed E-state index contributed by atoms with van der Waals surface area (Å²) >= 11 is -8.03. The fourth-order valence-corrected chi connectivity index (χ4v) is 1.40. The molecule has 8 nitrogen and oxygen atoms in total. The van der Waals surface area contributed by atoms with E-state index in [4.69, 9.17) is 20.6 Å². The fourth-order valence-electron chi connectivity index (χ4n) is 1.40. The van der Waals surface area contributed by atoms with Crippen molar-refractivity contribution in [2.75, 3.05) is 0 Å². The summed E-state index contributed by atoms with van der Waals surface area (Å²) in [5.74, 6) is 0. The molecule has 0 amide bonds. The predicted molar refractivity (Wildman–Crippen MR) is 53.3 cm³/mol. The van der Waals surface area contributed by atoms with Crippen LogP contribution in [0.5, 0.6) is 0 Å². The lowest BCUT2D eigenvalue weighted by molar-refractivity contribution is -1.73. The Kier molecular flexibility index (Phi) is 13.8. The highest BCUT2D eigenvalue weighted by Gasteiger charge is 2.02. The molecule has 0 aliphatic carbocycles. The first-order valence-corrected chi connectivity index (χ1v) is 11.0. The van der Waals surface area contributed by atoms with Gasteiger partial charge >= 0.3 is 0 Å². The molecule has 10 heteroatoms. The molecular weight excluding hydrogens is 522 g/mol. The van der Waals surface area contributed by atoms with Crippen molar-refractivity contribution in [2.24, 2.45) is 0 Å². The third-order valence-electron chi connectivity index (χ3n) is 2.17. The molecular formula is C12H14I2N2O6. The van der Waals surface area contributed by atoms with Gasteiger partial charge in [-0.15, -0.1) is 0 Å². The monoisotopic (exact) mass is 536 g/mol. The van der Waals surface area contributed by atoms with Gasteiger partial charge in [-0.05, 0) is 0 Å². The minimum Gasteiger partial charge on any atom is -0.427 e. The Morgan fingerprint density at radius 3 is 0.955 bits per heavy atom. The van der Waals surface area contributed by atoms with Gasteiger partial charge in [-0.2, -0.15) is 9.13 Å². The molecule has 0 spiro atoms. The van der Waals surface area contributed by atoms with Crippen LogP contribution in [-0.2, 0) is 13.1 Å². The molecule has 2 aromatic heterocycles. The Labute approximate surface area is 145 Å². The van der Waals surface area contributed by atoms with E-state index in [1.165, 1.54) is 0 Å². The van der Waals surface area contributed by atoms with E-state index in [9.17, 15) is 0 Å². The summed E-state index contributed by atoms with van der Waals surface area (Å²) in [7, 11) is 0. The molecule has 0 N–H and O–H groups in total. The van der Waals surface area contributed by atoms with Crippen LogP contribution >= 0.6 is 0 Å². The van der Waals surface area contributed by atoms with Gasteiger partial charge in [0.1, 0.15) is 0 Å². The van der Waals surface area contributed by atoms with Gasteiger partial charge in [0.05, 0.1) is 0 Å². The van der Waals surface area contributed by atoms with Crippen LogP contribution in [0.3, 0.4) is 0 Å². The van der Waals surface area contributed by atoms with Crippen LogP contribution in [0.4, 0.5) is 0 Å². The van der Waals surface area contributed by atoms with Crippen molar-refractivity contribution in [3.05, 3.63) is 61.2 Å². The molecule has 122 valence electrons. The van der Waals surface area contributed by atoms with E-state index in [-0.39, 0.29) is 0 Å². The molecule has 2 aromatic rings. The second-order valence-electron chi connectivity index (χ2n) is 3.60. The summed E-state index contributed by atoms with van der Waals surface area (Å²) in [6, 6.07) is 12.3. The van der Waals surface area contributed by atoms with Crippen molar-refractivity contribution in [3.63, 3.8) is 0 Å². The zero-order chi connectivity index (χ0) is 16.8. The molecule has 22 heavy (non-hydrogen) atoms.